The molecule has 0 aromatic heterocycles. The van der Waals surface area contributed by atoms with Crippen molar-refractivity contribution in [1.82, 2.24) is 5.32 Å². The highest BCUT2D eigenvalue weighted by Crippen LogP contribution is 2.20. The molecule has 1 rings (SSSR count). The molecule has 0 aliphatic carbocycles. The van der Waals surface area contributed by atoms with Crippen LogP contribution in [0.15, 0.2) is 18.2 Å². The molecule has 0 aliphatic heterocycles. The van der Waals surface area contributed by atoms with Crippen LogP contribution in [0.1, 0.15) is 56.0 Å². The van der Waals surface area contributed by atoms with Crippen molar-refractivity contribution in [3.63, 3.8) is 0 Å². The molecule has 0 spiro atoms. The van der Waals surface area contributed by atoms with Gasteiger partial charge in [0.2, 0.25) is 0 Å². The van der Waals surface area contributed by atoms with Gasteiger partial charge in [0.15, 0.2) is 0 Å². The molecule has 1 amide bonds. The van der Waals surface area contributed by atoms with Gasteiger partial charge in [0.1, 0.15) is 0 Å². The Morgan fingerprint density at radius 1 is 1.26 bits per heavy atom. The van der Waals surface area contributed by atoms with Crippen LogP contribution in [-0.2, 0) is 0 Å². The van der Waals surface area contributed by atoms with Gasteiger partial charge < -0.3 is 10.6 Å². The van der Waals surface area contributed by atoms with E-state index in [1.165, 1.54) is 12.0 Å². The maximum atomic E-state index is 11.9. The number of carbonyl (C=O) groups is 1. The van der Waals surface area contributed by atoms with Gasteiger partial charge in [0.05, 0.1) is 0 Å². The number of carbonyl (C=O) groups excluding carboxylic acids is 1. The van der Waals surface area contributed by atoms with E-state index in [1.54, 1.807) is 0 Å². The summed E-state index contributed by atoms with van der Waals surface area (Å²) in [6, 6.07) is 6.32. The summed E-state index contributed by atoms with van der Waals surface area (Å²) in [5.74, 6) is -0.00547. The zero-order valence-electron chi connectivity index (χ0n) is 12.5. The lowest BCUT2D eigenvalue weighted by molar-refractivity contribution is 0.0956. The summed E-state index contributed by atoms with van der Waals surface area (Å²) < 4.78 is 0. The number of hydrogen-bond acceptors (Lipinski definition) is 2. The van der Waals surface area contributed by atoms with Crippen LogP contribution in [-0.4, -0.2) is 18.5 Å². The van der Waals surface area contributed by atoms with Gasteiger partial charge >= 0.3 is 0 Å². The van der Waals surface area contributed by atoms with E-state index in [-0.39, 0.29) is 5.91 Å². The van der Waals surface area contributed by atoms with Gasteiger partial charge in [-0.1, -0.05) is 26.3 Å². The van der Waals surface area contributed by atoms with Crippen LogP contribution < -0.4 is 10.6 Å². The summed E-state index contributed by atoms with van der Waals surface area (Å²) in [6.07, 6.45) is 3.42. The zero-order valence-corrected chi connectivity index (χ0v) is 12.5. The minimum Gasteiger partial charge on any atom is -0.382 e. The van der Waals surface area contributed by atoms with E-state index in [9.17, 15) is 4.79 Å². The molecule has 3 heteroatoms. The van der Waals surface area contributed by atoms with Gasteiger partial charge in [-0.3, -0.25) is 4.79 Å². The van der Waals surface area contributed by atoms with Crippen molar-refractivity contribution in [3.05, 3.63) is 29.3 Å². The molecule has 106 valence electrons. The maximum Gasteiger partial charge on any atom is 0.251 e. The highest BCUT2D eigenvalue weighted by Gasteiger charge is 2.10. The Morgan fingerprint density at radius 3 is 2.58 bits per heavy atom. The second-order valence-corrected chi connectivity index (χ2v) is 4.93. The Bertz CT molecular complexity index is 415. The minimum atomic E-state index is -0.00547. The molecular weight excluding hydrogens is 236 g/mol. The van der Waals surface area contributed by atoms with E-state index in [4.69, 9.17) is 0 Å². The molecule has 1 atom stereocenters. The summed E-state index contributed by atoms with van der Waals surface area (Å²) in [5, 5.41) is 6.39. The SMILES string of the molecule is CCCC(CC)Nc1cc(C(=O)NCC)ccc1C. The topological polar surface area (TPSA) is 41.1 Å². The normalized spacial score (nSPS) is 12.0. The van der Waals surface area contributed by atoms with E-state index in [0.717, 1.165) is 24.1 Å². The average molecular weight is 262 g/mol. The highest BCUT2D eigenvalue weighted by atomic mass is 16.1. The van der Waals surface area contributed by atoms with Crippen molar-refractivity contribution in [3.8, 4) is 0 Å². The molecule has 0 aliphatic rings. The van der Waals surface area contributed by atoms with Crippen molar-refractivity contribution in [2.75, 3.05) is 11.9 Å². The molecule has 1 unspecified atom stereocenters. The standard InChI is InChI=1S/C16H26N2O/c1-5-8-14(6-2)18-15-11-13(10-9-12(15)4)16(19)17-7-3/h9-11,14,18H,5-8H2,1-4H3,(H,17,19). The van der Waals surface area contributed by atoms with Gasteiger partial charge in [-0.2, -0.15) is 0 Å². The largest absolute Gasteiger partial charge is 0.382 e. The molecule has 3 nitrogen and oxygen atoms in total. The molecule has 1 aromatic rings. The molecule has 0 fully saturated rings. The molecule has 19 heavy (non-hydrogen) atoms. The van der Waals surface area contributed by atoms with Crippen LogP contribution in [0.2, 0.25) is 0 Å². The maximum absolute atomic E-state index is 11.9. The van der Waals surface area contributed by atoms with Gasteiger partial charge in [-0.15, -0.1) is 0 Å². The minimum absolute atomic E-state index is 0.00547. The number of nitrogens with one attached hydrogen (secondary N) is 2. The fourth-order valence-corrected chi connectivity index (χ4v) is 2.13. The smallest absolute Gasteiger partial charge is 0.251 e. The first-order chi connectivity index (χ1) is 9.12. The second kappa shape index (κ2) is 7.82. The quantitative estimate of drug-likeness (QED) is 0.786. The first kappa shape index (κ1) is 15.5. The summed E-state index contributed by atoms with van der Waals surface area (Å²) >= 11 is 0. The molecule has 0 bridgehead atoms. The van der Waals surface area contributed by atoms with E-state index in [0.29, 0.717) is 12.6 Å². The lowest BCUT2D eigenvalue weighted by atomic mass is 10.1. The fourth-order valence-electron chi connectivity index (χ4n) is 2.13. The summed E-state index contributed by atoms with van der Waals surface area (Å²) in [5.41, 5.74) is 2.98. The molecule has 0 saturated carbocycles. The summed E-state index contributed by atoms with van der Waals surface area (Å²) in [6.45, 7) is 9.05. The van der Waals surface area contributed by atoms with Crippen molar-refractivity contribution < 1.29 is 4.79 Å². The van der Waals surface area contributed by atoms with Crippen LogP contribution in [0.25, 0.3) is 0 Å². The molecule has 0 heterocycles. The van der Waals surface area contributed by atoms with E-state index in [2.05, 4.69) is 31.4 Å². The summed E-state index contributed by atoms with van der Waals surface area (Å²) in [7, 11) is 0. The predicted molar refractivity (Wildman–Crippen MR) is 81.8 cm³/mol. The third-order valence-electron chi connectivity index (χ3n) is 3.33. The van der Waals surface area contributed by atoms with Crippen molar-refractivity contribution in [2.24, 2.45) is 0 Å². The molecular formula is C16H26N2O. The van der Waals surface area contributed by atoms with Crippen LogP contribution in [0, 0.1) is 6.92 Å². The van der Waals surface area contributed by atoms with Crippen LogP contribution >= 0.6 is 0 Å². The van der Waals surface area contributed by atoms with Crippen molar-refractivity contribution in [1.29, 1.82) is 0 Å². The number of anilines is 1. The van der Waals surface area contributed by atoms with Crippen molar-refractivity contribution >= 4 is 11.6 Å². The monoisotopic (exact) mass is 262 g/mol. The highest BCUT2D eigenvalue weighted by molar-refractivity contribution is 5.95. The average Bonchev–Trinajstić information content (AvgIpc) is 2.40. The third-order valence-corrected chi connectivity index (χ3v) is 3.33. The third kappa shape index (κ3) is 4.58. The Balaban J connectivity index is 2.87. The number of rotatable bonds is 7. The molecule has 0 radical (unpaired) electrons. The first-order valence-electron chi connectivity index (χ1n) is 7.27. The number of hydrogen-bond donors (Lipinski definition) is 2. The van der Waals surface area contributed by atoms with E-state index in [1.807, 2.05) is 25.1 Å². The molecule has 2 N–H and O–H groups in total. The lowest BCUT2D eigenvalue weighted by Crippen LogP contribution is -2.23. The van der Waals surface area contributed by atoms with Crippen LogP contribution in [0.3, 0.4) is 0 Å². The van der Waals surface area contributed by atoms with Crippen LogP contribution in [0.4, 0.5) is 5.69 Å². The number of aryl methyl sites for hydroxylation is 1. The Labute approximate surface area is 116 Å². The first-order valence-corrected chi connectivity index (χ1v) is 7.27. The van der Waals surface area contributed by atoms with Gasteiger partial charge in [-0.05, 0) is 44.4 Å². The fraction of sp³-hybridized carbons (Fsp3) is 0.562. The van der Waals surface area contributed by atoms with Gasteiger partial charge in [0.25, 0.3) is 5.91 Å². The molecule has 0 saturated heterocycles. The lowest BCUT2D eigenvalue weighted by Gasteiger charge is -2.19. The Hall–Kier alpha value is -1.51. The van der Waals surface area contributed by atoms with Crippen LogP contribution in [0.5, 0.6) is 0 Å². The van der Waals surface area contributed by atoms with Gasteiger partial charge in [0, 0.05) is 23.8 Å². The Morgan fingerprint density at radius 2 is 2.00 bits per heavy atom. The van der Waals surface area contributed by atoms with Gasteiger partial charge in [-0.25, -0.2) is 0 Å². The van der Waals surface area contributed by atoms with E-state index >= 15 is 0 Å². The zero-order chi connectivity index (χ0) is 14.3. The Kier molecular flexibility index (Phi) is 6.40. The second-order valence-electron chi connectivity index (χ2n) is 4.93. The van der Waals surface area contributed by atoms with E-state index < -0.39 is 0 Å². The number of amides is 1. The predicted octanol–water partition coefficient (Wildman–Crippen LogP) is 3.74. The summed E-state index contributed by atoms with van der Waals surface area (Å²) in [4.78, 5) is 11.9. The number of benzene rings is 1. The molecule has 1 aromatic carbocycles. The van der Waals surface area contributed by atoms with Crippen molar-refractivity contribution in [2.45, 2.75) is 53.0 Å².